The predicted octanol–water partition coefficient (Wildman–Crippen LogP) is 2.16. The normalized spacial score (nSPS) is 17.7. The van der Waals surface area contributed by atoms with Crippen molar-refractivity contribution in [1.82, 2.24) is 4.90 Å². The lowest BCUT2D eigenvalue weighted by molar-refractivity contribution is -0.141. The van der Waals surface area contributed by atoms with Crippen molar-refractivity contribution < 1.29 is 24.2 Å². The van der Waals surface area contributed by atoms with Gasteiger partial charge in [0.15, 0.2) is 0 Å². The first-order chi connectivity index (χ1) is 9.99. The van der Waals surface area contributed by atoms with Gasteiger partial charge in [-0.2, -0.15) is 0 Å². The fourth-order valence-electron chi connectivity index (χ4n) is 2.43. The Morgan fingerprint density at radius 1 is 1.29 bits per heavy atom. The van der Waals surface area contributed by atoms with Gasteiger partial charge in [-0.05, 0) is 40.9 Å². The van der Waals surface area contributed by atoms with Crippen LogP contribution in [0.5, 0.6) is 11.5 Å². The highest BCUT2D eigenvalue weighted by Crippen LogP contribution is 2.36. The number of methoxy groups -OCH3 is 2. The molecule has 1 heterocycles. The van der Waals surface area contributed by atoms with Crippen LogP contribution in [0.25, 0.3) is 0 Å². The number of carbonyl (C=O) groups is 2. The monoisotopic (exact) mass is 357 g/mol. The number of benzene rings is 1. The molecule has 114 valence electrons. The van der Waals surface area contributed by atoms with Crippen LogP contribution < -0.4 is 9.47 Å². The Bertz CT molecular complexity index is 549. The fourth-order valence-corrected chi connectivity index (χ4v) is 2.98. The molecule has 0 aromatic heterocycles. The summed E-state index contributed by atoms with van der Waals surface area (Å²) in [6, 6.07) is 2.39. The van der Waals surface area contributed by atoms with Gasteiger partial charge in [-0.1, -0.05) is 0 Å². The number of hydrogen-bond acceptors (Lipinski definition) is 4. The SMILES string of the molecule is COc1cc(C(=O)N2CCCC2C(=O)O)cc(OC)c1Br. The summed E-state index contributed by atoms with van der Waals surface area (Å²) in [5, 5.41) is 9.17. The first kappa shape index (κ1) is 15.6. The molecule has 1 N–H and O–H groups in total. The lowest BCUT2D eigenvalue weighted by Gasteiger charge is -2.22. The summed E-state index contributed by atoms with van der Waals surface area (Å²) in [4.78, 5) is 25.1. The van der Waals surface area contributed by atoms with Gasteiger partial charge in [0.2, 0.25) is 0 Å². The van der Waals surface area contributed by atoms with Crippen molar-refractivity contribution >= 4 is 27.8 Å². The van der Waals surface area contributed by atoms with Gasteiger partial charge in [0.25, 0.3) is 5.91 Å². The zero-order valence-electron chi connectivity index (χ0n) is 11.8. The van der Waals surface area contributed by atoms with Crippen molar-refractivity contribution in [2.24, 2.45) is 0 Å². The Balaban J connectivity index is 2.37. The van der Waals surface area contributed by atoms with Gasteiger partial charge in [-0.25, -0.2) is 4.79 Å². The zero-order valence-corrected chi connectivity index (χ0v) is 13.3. The molecule has 6 nitrogen and oxygen atoms in total. The number of amides is 1. The number of halogens is 1. The number of rotatable bonds is 4. The van der Waals surface area contributed by atoms with Crippen LogP contribution in [0.15, 0.2) is 16.6 Å². The summed E-state index contributed by atoms with van der Waals surface area (Å²) in [6.45, 7) is 0.441. The molecule has 1 saturated heterocycles. The maximum absolute atomic E-state index is 12.5. The number of likely N-dealkylation sites (tertiary alicyclic amines) is 1. The highest BCUT2D eigenvalue weighted by Gasteiger charge is 2.34. The van der Waals surface area contributed by atoms with Gasteiger partial charge < -0.3 is 19.5 Å². The van der Waals surface area contributed by atoms with Crippen LogP contribution in [0.4, 0.5) is 0 Å². The third kappa shape index (κ3) is 2.97. The molecule has 2 rings (SSSR count). The minimum Gasteiger partial charge on any atom is -0.495 e. The van der Waals surface area contributed by atoms with E-state index in [4.69, 9.17) is 9.47 Å². The molecule has 1 aliphatic heterocycles. The lowest BCUT2D eigenvalue weighted by atomic mass is 10.1. The number of ether oxygens (including phenoxy) is 2. The summed E-state index contributed by atoms with van der Waals surface area (Å²) in [7, 11) is 2.98. The molecule has 1 aliphatic rings. The van der Waals surface area contributed by atoms with Crippen LogP contribution in [0.3, 0.4) is 0 Å². The molecule has 7 heteroatoms. The molecule has 0 aliphatic carbocycles. The van der Waals surface area contributed by atoms with Crippen LogP contribution in [-0.4, -0.2) is 48.7 Å². The van der Waals surface area contributed by atoms with Crippen LogP contribution in [0.1, 0.15) is 23.2 Å². The molecule has 1 amide bonds. The van der Waals surface area contributed by atoms with E-state index in [0.29, 0.717) is 40.9 Å². The van der Waals surface area contributed by atoms with E-state index in [0.717, 1.165) is 0 Å². The Kier molecular flexibility index (Phi) is 4.72. The quantitative estimate of drug-likeness (QED) is 0.893. The highest BCUT2D eigenvalue weighted by atomic mass is 79.9. The van der Waals surface area contributed by atoms with Crippen molar-refractivity contribution in [2.75, 3.05) is 20.8 Å². The smallest absolute Gasteiger partial charge is 0.326 e. The molecule has 1 fully saturated rings. The topological polar surface area (TPSA) is 76.1 Å². The Labute approximate surface area is 130 Å². The second kappa shape index (κ2) is 6.34. The van der Waals surface area contributed by atoms with Crippen molar-refractivity contribution in [3.05, 3.63) is 22.2 Å². The van der Waals surface area contributed by atoms with Gasteiger partial charge in [0.1, 0.15) is 22.0 Å². The van der Waals surface area contributed by atoms with E-state index in [1.54, 1.807) is 12.1 Å². The van der Waals surface area contributed by atoms with E-state index >= 15 is 0 Å². The number of carboxylic acids is 1. The maximum atomic E-state index is 12.5. The summed E-state index contributed by atoms with van der Waals surface area (Å²) in [6.07, 6.45) is 1.17. The largest absolute Gasteiger partial charge is 0.495 e. The minimum absolute atomic E-state index is 0.330. The maximum Gasteiger partial charge on any atom is 0.326 e. The Morgan fingerprint density at radius 2 is 1.86 bits per heavy atom. The lowest BCUT2D eigenvalue weighted by Crippen LogP contribution is -2.40. The van der Waals surface area contributed by atoms with Crippen molar-refractivity contribution in [3.8, 4) is 11.5 Å². The molecule has 21 heavy (non-hydrogen) atoms. The van der Waals surface area contributed by atoms with Crippen molar-refractivity contribution in [1.29, 1.82) is 0 Å². The second-order valence-electron chi connectivity index (χ2n) is 4.69. The van der Waals surface area contributed by atoms with Crippen molar-refractivity contribution in [3.63, 3.8) is 0 Å². The summed E-state index contributed by atoms with van der Waals surface area (Å²) >= 11 is 3.33. The number of aliphatic carboxylic acids is 1. The minimum atomic E-state index is -0.975. The van der Waals surface area contributed by atoms with Crippen LogP contribution in [-0.2, 0) is 4.79 Å². The molecule has 0 spiro atoms. The first-order valence-corrected chi connectivity index (χ1v) is 7.24. The molecule has 0 radical (unpaired) electrons. The molecular weight excluding hydrogens is 342 g/mol. The summed E-state index contributed by atoms with van der Waals surface area (Å²) in [5.74, 6) is -0.381. The van der Waals surface area contributed by atoms with Crippen LogP contribution in [0.2, 0.25) is 0 Å². The van der Waals surface area contributed by atoms with E-state index in [1.165, 1.54) is 19.1 Å². The van der Waals surface area contributed by atoms with E-state index < -0.39 is 12.0 Å². The molecule has 0 saturated carbocycles. The molecular formula is C14H16BrNO5. The van der Waals surface area contributed by atoms with Gasteiger partial charge in [-0.3, -0.25) is 4.79 Å². The molecule has 1 unspecified atom stereocenters. The highest BCUT2D eigenvalue weighted by molar-refractivity contribution is 9.10. The van der Waals surface area contributed by atoms with E-state index in [9.17, 15) is 14.7 Å². The molecule has 1 aromatic rings. The Morgan fingerprint density at radius 3 is 2.33 bits per heavy atom. The molecule has 0 bridgehead atoms. The van der Waals surface area contributed by atoms with Gasteiger partial charge in [0.05, 0.1) is 14.2 Å². The van der Waals surface area contributed by atoms with E-state index in [2.05, 4.69) is 15.9 Å². The zero-order chi connectivity index (χ0) is 15.6. The van der Waals surface area contributed by atoms with Gasteiger partial charge >= 0.3 is 5.97 Å². The molecule has 1 aromatic carbocycles. The third-order valence-electron chi connectivity index (χ3n) is 3.49. The average Bonchev–Trinajstić information content (AvgIpc) is 2.96. The second-order valence-corrected chi connectivity index (χ2v) is 5.48. The van der Waals surface area contributed by atoms with E-state index in [1.807, 2.05) is 0 Å². The predicted molar refractivity (Wildman–Crippen MR) is 78.9 cm³/mol. The fraction of sp³-hybridized carbons (Fsp3) is 0.429. The Hall–Kier alpha value is -1.76. The third-order valence-corrected chi connectivity index (χ3v) is 4.27. The summed E-state index contributed by atoms with van der Waals surface area (Å²) < 4.78 is 11.0. The first-order valence-electron chi connectivity index (χ1n) is 6.45. The van der Waals surface area contributed by atoms with Gasteiger partial charge in [0, 0.05) is 12.1 Å². The van der Waals surface area contributed by atoms with Crippen molar-refractivity contribution in [2.45, 2.75) is 18.9 Å². The average molecular weight is 358 g/mol. The molecule has 1 atom stereocenters. The standard InChI is InChI=1S/C14H16BrNO5/c1-20-10-6-8(7-11(21-2)12(10)15)13(17)16-5-3-4-9(16)14(18)19/h6-7,9H,3-5H2,1-2H3,(H,18,19). The van der Waals surface area contributed by atoms with Crippen LogP contribution >= 0.6 is 15.9 Å². The van der Waals surface area contributed by atoms with Gasteiger partial charge in [-0.15, -0.1) is 0 Å². The number of carboxylic acid groups (broad SMARTS) is 1. The van der Waals surface area contributed by atoms with E-state index in [-0.39, 0.29) is 5.91 Å². The number of nitrogens with zero attached hydrogens (tertiary/aromatic N) is 1. The number of hydrogen-bond donors (Lipinski definition) is 1. The van der Waals surface area contributed by atoms with Crippen LogP contribution in [0, 0.1) is 0 Å². The number of carbonyl (C=O) groups excluding carboxylic acids is 1. The summed E-state index contributed by atoms with van der Waals surface area (Å²) in [5.41, 5.74) is 0.347.